The quantitative estimate of drug-likeness (QED) is 0.825. The molecule has 1 aliphatic carbocycles. The van der Waals surface area contributed by atoms with Gasteiger partial charge in [0.15, 0.2) is 0 Å². The second kappa shape index (κ2) is 5.63. The Morgan fingerprint density at radius 1 is 1.19 bits per heavy atom. The molecule has 0 aromatic rings. The van der Waals surface area contributed by atoms with Gasteiger partial charge in [-0.3, -0.25) is 4.21 Å². The molecule has 0 aromatic heterocycles. The first-order valence-electron chi connectivity index (χ1n) is 6.76. The first kappa shape index (κ1) is 12.6. The maximum atomic E-state index is 11.3. The highest BCUT2D eigenvalue weighted by Crippen LogP contribution is 2.35. The maximum absolute atomic E-state index is 11.3. The Bertz CT molecular complexity index is 238. The van der Waals surface area contributed by atoms with Crippen LogP contribution in [0.15, 0.2) is 0 Å². The highest BCUT2D eigenvalue weighted by Gasteiger charge is 2.28. The number of hydrogen-bond donors (Lipinski definition) is 1. The lowest BCUT2D eigenvalue weighted by Crippen LogP contribution is -2.42. The fraction of sp³-hybridized carbons (Fsp3) is 1.00. The summed E-state index contributed by atoms with van der Waals surface area (Å²) in [6, 6.07) is 0.636. The number of hydrogen-bond acceptors (Lipinski definition) is 2. The molecule has 16 heavy (non-hydrogen) atoms. The molecule has 1 aliphatic heterocycles. The third-order valence-electron chi connectivity index (χ3n) is 4.27. The fourth-order valence-corrected chi connectivity index (χ4v) is 4.27. The highest BCUT2D eigenvalue weighted by atomic mass is 32.2. The van der Waals surface area contributed by atoms with E-state index in [1.54, 1.807) is 0 Å². The first-order valence-corrected chi connectivity index (χ1v) is 8.25. The standard InChI is InChI=1S/C13H25NOS/c1-13(7-3-2-4-8-13)11-14-12-5-9-16(15)10-6-12/h12,14H,2-11H2,1H3. The monoisotopic (exact) mass is 243 g/mol. The molecule has 0 unspecified atom stereocenters. The van der Waals surface area contributed by atoms with Gasteiger partial charge in [0.25, 0.3) is 0 Å². The minimum Gasteiger partial charge on any atom is -0.313 e. The van der Waals surface area contributed by atoms with E-state index in [9.17, 15) is 4.21 Å². The van der Waals surface area contributed by atoms with Gasteiger partial charge in [-0.05, 0) is 31.1 Å². The maximum Gasteiger partial charge on any atom is 0.0249 e. The normalized spacial score (nSPS) is 34.8. The van der Waals surface area contributed by atoms with Crippen molar-refractivity contribution >= 4 is 10.8 Å². The SMILES string of the molecule is CC1(CNC2CCS(=O)CC2)CCCCC1. The van der Waals surface area contributed by atoms with Crippen molar-refractivity contribution in [3.8, 4) is 0 Å². The third-order valence-corrected chi connectivity index (χ3v) is 5.65. The van der Waals surface area contributed by atoms with Crippen LogP contribution in [0.4, 0.5) is 0 Å². The largest absolute Gasteiger partial charge is 0.313 e. The van der Waals surface area contributed by atoms with Crippen LogP contribution in [0.3, 0.4) is 0 Å². The van der Waals surface area contributed by atoms with Gasteiger partial charge in [-0.25, -0.2) is 0 Å². The van der Waals surface area contributed by atoms with Crippen molar-refractivity contribution in [3.63, 3.8) is 0 Å². The van der Waals surface area contributed by atoms with Crippen molar-refractivity contribution in [3.05, 3.63) is 0 Å². The molecule has 3 heteroatoms. The fourth-order valence-electron chi connectivity index (χ4n) is 2.97. The average Bonchev–Trinajstić information content (AvgIpc) is 2.29. The minimum atomic E-state index is -0.520. The second-order valence-electron chi connectivity index (χ2n) is 5.87. The van der Waals surface area contributed by atoms with Crippen LogP contribution in [-0.4, -0.2) is 28.3 Å². The molecule has 2 nitrogen and oxygen atoms in total. The van der Waals surface area contributed by atoms with Crippen molar-refractivity contribution in [1.82, 2.24) is 5.32 Å². The lowest BCUT2D eigenvalue weighted by Gasteiger charge is -2.36. The Morgan fingerprint density at radius 2 is 1.81 bits per heavy atom. The van der Waals surface area contributed by atoms with E-state index in [-0.39, 0.29) is 0 Å². The number of rotatable bonds is 3. The highest BCUT2D eigenvalue weighted by molar-refractivity contribution is 7.85. The molecular formula is C13H25NOS. The lowest BCUT2D eigenvalue weighted by atomic mass is 9.75. The van der Waals surface area contributed by atoms with Gasteiger partial charge in [-0.1, -0.05) is 26.2 Å². The van der Waals surface area contributed by atoms with Crippen LogP contribution in [0.25, 0.3) is 0 Å². The summed E-state index contributed by atoms with van der Waals surface area (Å²) in [6.45, 7) is 3.60. The molecule has 2 aliphatic rings. The summed E-state index contributed by atoms with van der Waals surface area (Å²) in [5.41, 5.74) is 0.537. The van der Waals surface area contributed by atoms with Crippen LogP contribution in [-0.2, 0) is 10.8 Å². The molecule has 0 atom stereocenters. The summed E-state index contributed by atoms with van der Waals surface area (Å²) in [6.07, 6.45) is 9.25. The predicted octanol–water partition coefficient (Wildman–Crippen LogP) is 2.46. The van der Waals surface area contributed by atoms with Crippen LogP contribution in [0, 0.1) is 5.41 Å². The van der Waals surface area contributed by atoms with E-state index in [4.69, 9.17) is 0 Å². The Morgan fingerprint density at radius 3 is 2.44 bits per heavy atom. The molecule has 1 saturated heterocycles. The Labute approximate surface area is 102 Å². The summed E-state index contributed by atoms with van der Waals surface area (Å²) >= 11 is 0. The van der Waals surface area contributed by atoms with E-state index in [0.717, 1.165) is 24.3 Å². The molecule has 1 heterocycles. The van der Waals surface area contributed by atoms with Gasteiger partial charge in [-0.2, -0.15) is 0 Å². The third kappa shape index (κ3) is 3.56. The van der Waals surface area contributed by atoms with Crippen LogP contribution in [0.1, 0.15) is 51.9 Å². The van der Waals surface area contributed by atoms with Crippen molar-refractivity contribution in [1.29, 1.82) is 0 Å². The Balaban J connectivity index is 1.71. The molecule has 0 bridgehead atoms. The van der Waals surface area contributed by atoms with E-state index in [1.807, 2.05) is 0 Å². The van der Waals surface area contributed by atoms with Crippen molar-refractivity contribution in [2.75, 3.05) is 18.1 Å². The molecule has 1 saturated carbocycles. The molecule has 0 amide bonds. The summed E-state index contributed by atoms with van der Waals surface area (Å²) in [5.74, 6) is 1.82. The molecule has 2 fully saturated rings. The van der Waals surface area contributed by atoms with Crippen molar-refractivity contribution in [2.24, 2.45) is 5.41 Å². The molecular weight excluding hydrogens is 218 g/mol. The van der Waals surface area contributed by atoms with Gasteiger partial charge in [0.2, 0.25) is 0 Å². The first-order chi connectivity index (χ1) is 7.68. The van der Waals surface area contributed by atoms with Gasteiger partial charge >= 0.3 is 0 Å². The van der Waals surface area contributed by atoms with E-state index in [1.165, 1.54) is 38.6 Å². The summed E-state index contributed by atoms with van der Waals surface area (Å²) in [5, 5.41) is 3.72. The lowest BCUT2D eigenvalue weighted by molar-refractivity contribution is 0.198. The Kier molecular flexibility index (Phi) is 4.42. The zero-order valence-corrected chi connectivity index (χ0v) is 11.3. The zero-order chi connectivity index (χ0) is 11.4. The van der Waals surface area contributed by atoms with E-state index < -0.39 is 10.8 Å². The molecule has 1 N–H and O–H groups in total. The molecule has 0 radical (unpaired) electrons. The summed E-state index contributed by atoms with van der Waals surface area (Å²) in [4.78, 5) is 0. The van der Waals surface area contributed by atoms with Crippen LogP contribution in [0.2, 0.25) is 0 Å². The van der Waals surface area contributed by atoms with Gasteiger partial charge < -0.3 is 5.32 Å². The van der Waals surface area contributed by atoms with Gasteiger partial charge in [0.05, 0.1) is 0 Å². The smallest absolute Gasteiger partial charge is 0.0249 e. The summed E-state index contributed by atoms with van der Waals surface area (Å²) in [7, 11) is -0.520. The zero-order valence-electron chi connectivity index (χ0n) is 10.5. The van der Waals surface area contributed by atoms with Gasteiger partial charge in [0, 0.05) is 34.9 Å². The average molecular weight is 243 g/mol. The van der Waals surface area contributed by atoms with Crippen LogP contribution < -0.4 is 5.32 Å². The van der Waals surface area contributed by atoms with Crippen LogP contribution >= 0.6 is 0 Å². The second-order valence-corrected chi connectivity index (χ2v) is 7.57. The molecule has 94 valence electrons. The Hall–Kier alpha value is 0.110. The van der Waals surface area contributed by atoms with Gasteiger partial charge in [-0.15, -0.1) is 0 Å². The predicted molar refractivity (Wildman–Crippen MR) is 70.1 cm³/mol. The van der Waals surface area contributed by atoms with Gasteiger partial charge in [0.1, 0.15) is 0 Å². The molecule has 2 rings (SSSR count). The number of nitrogens with one attached hydrogen (secondary N) is 1. The molecule has 0 aromatic carbocycles. The summed E-state index contributed by atoms with van der Waals surface area (Å²) < 4.78 is 11.3. The molecule has 0 spiro atoms. The van der Waals surface area contributed by atoms with E-state index >= 15 is 0 Å². The van der Waals surface area contributed by atoms with E-state index in [0.29, 0.717) is 11.5 Å². The van der Waals surface area contributed by atoms with Crippen molar-refractivity contribution < 1.29 is 4.21 Å². The minimum absolute atomic E-state index is 0.520. The van der Waals surface area contributed by atoms with Crippen LogP contribution in [0.5, 0.6) is 0 Å². The van der Waals surface area contributed by atoms with E-state index in [2.05, 4.69) is 12.2 Å². The van der Waals surface area contributed by atoms with Crippen molar-refractivity contribution in [2.45, 2.75) is 57.9 Å². The topological polar surface area (TPSA) is 29.1 Å².